The first-order chi connectivity index (χ1) is 15.5. The zero-order valence-electron chi connectivity index (χ0n) is 18.0. The highest BCUT2D eigenvalue weighted by Gasteiger charge is 2.34. The maximum atomic E-state index is 13.4. The van der Waals surface area contributed by atoms with Crippen LogP contribution in [-0.2, 0) is 4.79 Å². The third-order valence-electron chi connectivity index (χ3n) is 5.14. The van der Waals surface area contributed by atoms with Crippen LogP contribution in [0.5, 0.6) is 17.2 Å². The summed E-state index contributed by atoms with van der Waals surface area (Å²) in [4.78, 5) is 17.7. The Morgan fingerprint density at radius 3 is 2.34 bits per heavy atom. The normalized spacial score (nSPS) is 15.0. The van der Waals surface area contributed by atoms with Crippen LogP contribution in [0.4, 0.5) is 11.6 Å². The molecule has 0 spiro atoms. The van der Waals surface area contributed by atoms with Gasteiger partial charge in [0.15, 0.2) is 11.5 Å². The summed E-state index contributed by atoms with van der Waals surface area (Å²) in [7, 11) is 4.62. The summed E-state index contributed by atoms with van der Waals surface area (Å²) >= 11 is 5.96. The van der Waals surface area contributed by atoms with Crippen molar-refractivity contribution in [3.63, 3.8) is 0 Å². The molecule has 0 radical (unpaired) electrons. The highest BCUT2D eigenvalue weighted by molar-refractivity contribution is 6.30. The lowest BCUT2D eigenvalue weighted by molar-refractivity contribution is -0.113. The fourth-order valence-corrected chi connectivity index (χ4v) is 3.81. The molecule has 0 saturated heterocycles. The van der Waals surface area contributed by atoms with Crippen LogP contribution in [0, 0.1) is 0 Å². The molecule has 10 heteroatoms. The molecule has 2 heterocycles. The number of aromatic nitrogens is 3. The number of halogens is 1. The number of carbonyl (C=O) groups is 1. The average molecular weight is 456 g/mol. The molecule has 166 valence electrons. The molecule has 1 aliphatic heterocycles. The summed E-state index contributed by atoms with van der Waals surface area (Å²) in [6.07, 6.45) is 1.43. The number of hydrogen-bond acceptors (Lipinski definition) is 7. The molecule has 1 amide bonds. The predicted molar refractivity (Wildman–Crippen MR) is 121 cm³/mol. The van der Waals surface area contributed by atoms with Gasteiger partial charge in [0.2, 0.25) is 11.7 Å². The van der Waals surface area contributed by atoms with Gasteiger partial charge in [0.1, 0.15) is 12.4 Å². The van der Waals surface area contributed by atoms with Gasteiger partial charge >= 0.3 is 0 Å². The summed E-state index contributed by atoms with van der Waals surface area (Å²) in [6.45, 7) is 1.82. The number of amides is 1. The van der Waals surface area contributed by atoms with E-state index in [1.54, 1.807) is 55.3 Å². The fourth-order valence-electron chi connectivity index (χ4n) is 3.68. The van der Waals surface area contributed by atoms with Crippen molar-refractivity contribution < 1.29 is 19.0 Å². The van der Waals surface area contributed by atoms with E-state index in [1.807, 2.05) is 6.92 Å². The van der Waals surface area contributed by atoms with Crippen molar-refractivity contribution in [2.24, 2.45) is 0 Å². The van der Waals surface area contributed by atoms with Gasteiger partial charge in [-0.15, -0.1) is 0 Å². The summed E-state index contributed by atoms with van der Waals surface area (Å²) in [5.41, 5.74) is 2.45. The number of ether oxygens (including phenoxy) is 3. The molecule has 32 heavy (non-hydrogen) atoms. The Balaban J connectivity index is 1.82. The minimum Gasteiger partial charge on any atom is -0.493 e. The SMILES string of the molecule is COc1cc([C@@H]2C(C(=O)Nc3ccc(Cl)cc3)=C(C)Nc3ncnn32)cc(OC)c1OC. The van der Waals surface area contributed by atoms with Crippen LogP contribution in [0.2, 0.25) is 5.02 Å². The summed E-state index contributed by atoms with van der Waals surface area (Å²) in [6, 6.07) is 9.91. The third kappa shape index (κ3) is 3.82. The standard InChI is InChI=1S/C22H22ClN5O4/c1-12-18(21(29)27-15-7-5-14(23)6-8-15)19(28-22(26-12)24-11-25-28)13-9-16(30-2)20(32-4)17(10-13)31-3/h5-11,19H,1-4H3,(H,27,29)(H,24,25,26)/t19-/m1/s1. The highest BCUT2D eigenvalue weighted by Crippen LogP contribution is 2.43. The second-order valence-corrected chi connectivity index (χ2v) is 7.45. The third-order valence-corrected chi connectivity index (χ3v) is 5.40. The number of allylic oxidation sites excluding steroid dienone is 1. The number of nitrogens with one attached hydrogen (secondary N) is 2. The van der Waals surface area contributed by atoms with Gasteiger partial charge in [-0.05, 0) is 48.9 Å². The van der Waals surface area contributed by atoms with Crippen LogP contribution in [-0.4, -0.2) is 42.0 Å². The summed E-state index contributed by atoms with van der Waals surface area (Å²) in [5, 5.41) is 11.0. The highest BCUT2D eigenvalue weighted by atomic mass is 35.5. The lowest BCUT2D eigenvalue weighted by atomic mass is 9.94. The van der Waals surface area contributed by atoms with Crippen LogP contribution < -0.4 is 24.8 Å². The molecule has 9 nitrogen and oxygen atoms in total. The largest absolute Gasteiger partial charge is 0.493 e. The molecule has 1 atom stereocenters. The monoisotopic (exact) mass is 455 g/mol. The Morgan fingerprint density at radius 2 is 1.75 bits per heavy atom. The van der Waals surface area contributed by atoms with Crippen LogP contribution in [0.15, 0.2) is 54.0 Å². The van der Waals surface area contributed by atoms with Crippen LogP contribution >= 0.6 is 11.6 Å². The van der Waals surface area contributed by atoms with Crippen LogP contribution in [0.1, 0.15) is 18.5 Å². The first-order valence-corrected chi connectivity index (χ1v) is 10.1. The lowest BCUT2D eigenvalue weighted by Crippen LogP contribution is -2.31. The number of rotatable bonds is 6. The quantitative estimate of drug-likeness (QED) is 0.581. The number of anilines is 2. The number of hydrogen-bond donors (Lipinski definition) is 2. The predicted octanol–water partition coefficient (Wildman–Crippen LogP) is 3.88. The molecule has 0 aliphatic carbocycles. The van der Waals surface area contributed by atoms with Crippen LogP contribution in [0.25, 0.3) is 0 Å². The van der Waals surface area contributed by atoms with E-state index in [0.29, 0.717) is 50.7 Å². The fraction of sp³-hybridized carbons (Fsp3) is 0.227. The van der Waals surface area contributed by atoms with Gasteiger partial charge in [0.05, 0.1) is 26.9 Å². The Hall–Kier alpha value is -3.72. The number of methoxy groups -OCH3 is 3. The molecule has 0 saturated carbocycles. The van der Waals surface area contributed by atoms with E-state index in [2.05, 4.69) is 20.7 Å². The second-order valence-electron chi connectivity index (χ2n) is 7.01. The van der Waals surface area contributed by atoms with Gasteiger partial charge < -0.3 is 24.8 Å². The topological polar surface area (TPSA) is 99.5 Å². The molecule has 1 aromatic heterocycles. The summed E-state index contributed by atoms with van der Waals surface area (Å²) < 4.78 is 18.1. The molecule has 0 unspecified atom stereocenters. The number of fused-ring (bicyclic) bond motifs is 1. The van der Waals surface area contributed by atoms with Crippen molar-refractivity contribution in [2.45, 2.75) is 13.0 Å². The van der Waals surface area contributed by atoms with Gasteiger partial charge in [-0.25, -0.2) is 4.68 Å². The minimum atomic E-state index is -0.588. The maximum absolute atomic E-state index is 13.4. The van der Waals surface area contributed by atoms with Gasteiger partial charge in [0, 0.05) is 16.4 Å². The average Bonchev–Trinajstić information content (AvgIpc) is 3.26. The van der Waals surface area contributed by atoms with Crippen molar-refractivity contribution in [3.8, 4) is 17.2 Å². The van der Waals surface area contributed by atoms with Gasteiger partial charge in [-0.2, -0.15) is 10.1 Å². The molecule has 3 aromatic rings. The number of nitrogens with zero attached hydrogens (tertiary/aromatic N) is 3. The van der Waals surface area contributed by atoms with E-state index < -0.39 is 6.04 Å². The second kappa shape index (κ2) is 8.80. The van der Waals surface area contributed by atoms with E-state index in [9.17, 15) is 4.79 Å². The van der Waals surface area contributed by atoms with E-state index in [1.165, 1.54) is 13.4 Å². The Labute approximate surface area is 190 Å². The van der Waals surface area contributed by atoms with Crippen molar-refractivity contribution in [2.75, 3.05) is 32.0 Å². The Bertz CT molecular complexity index is 1160. The number of carbonyl (C=O) groups excluding carboxylic acids is 1. The van der Waals surface area contributed by atoms with E-state index in [-0.39, 0.29) is 5.91 Å². The van der Waals surface area contributed by atoms with Crippen molar-refractivity contribution in [3.05, 3.63) is 64.6 Å². The van der Waals surface area contributed by atoms with Crippen molar-refractivity contribution >= 4 is 29.1 Å². The van der Waals surface area contributed by atoms with Gasteiger partial charge in [-0.1, -0.05) is 11.6 Å². The zero-order chi connectivity index (χ0) is 22.8. The molecule has 1 aliphatic rings. The molecular formula is C22H22ClN5O4. The first-order valence-electron chi connectivity index (χ1n) is 9.71. The molecule has 0 fully saturated rings. The first kappa shape index (κ1) is 21.5. The smallest absolute Gasteiger partial charge is 0.255 e. The Morgan fingerprint density at radius 1 is 1.09 bits per heavy atom. The number of benzene rings is 2. The van der Waals surface area contributed by atoms with Crippen molar-refractivity contribution in [1.29, 1.82) is 0 Å². The van der Waals surface area contributed by atoms with E-state index >= 15 is 0 Å². The minimum absolute atomic E-state index is 0.294. The molecule has 4 rings (SSSR count). The molecule has 2 N–H and O–H groups in total. The molecule has 2 aromatic carbocycles. The van der Waals surface area contributed by atoms with Crippen molar-refractivity contribution in [1.82, 2.24) is 14.8 Å². The van der Waals surface area contributed by atoms with Gasteiger partial charge in [-0.3, -0.25) is 4.79 Å². The molecule has 0 bridgehead atoms. The van der Waals surface area contributed by atoms with E-state index in [0.717, 1.165) is 0 Å². The summed E-state index contributed by atoms with van der Waals surface area (Å²) in [5.74, 6) is 1.62. The zero-order valence-corrected chi connectivity index (χ0v) is 18.7. The molecular weight excluding hydrogens is 434 g/mol. The maximum Gasteiger partial charge on any atom is 0.255 e. The van der Waals surface area contributed by atoms with Gasteiger partial charge in [0.25, 0.3) is 5.91 Å². The lowest BCUT2D eigenvalue weighted by Gasteiger charge is -2.29. The van der Waals surface area contributed by atoms with Crippen LogP contribution in [0.3, 0.4) is 0 Å². The Kier molecular flexibility index (Phi) is 5.91. The van der Waals surface area contributed by atoms with E-state index in [4.69, 9.17) is 25.8 Å².